The van der Waals surface area contributed by atoms with E-state index in [1.165, 1.54) is 31.3 Å². The van der Waals surface area contributed by atoms with Gasteiger partial charge in [-0.25, -0.2) is 0 Å². The number of carbonyl (C=O) groups excluding carboxylic acids is 2. The van der Waals surface area contributed by atoms with E-state index in [9.17, 15) is 14.7 Å². The number of ketones is 1. The average molecular weight is 549 g/mol. The van der Waals surface area contributed by atoms with Crippen molar-refractivity contribution in [3.63, 3.8) is 0 Å². The van der Waals surface area contributed by atoms with Crippen molar-refractivity contribution >= 4 is 40.4 Å². The van der Waals surface area contributed by atoms with Crippen molar-refractivity contribution in [3.05, 3.63) is 87.4 Å². The topological polar surface area (TPSA) is 79.3 Å². The molecule has 0 aliphatic carbocycles. The van der Waals surface area contributed by atoms with E-state index in [0.29, 0.717) is 17.0 Å². The van der Waals surface area contributed by atoms with Crippen LogP contribution in [-0.4, -0.2) is 44.1 Å². The SMILES string of the molecule is CCN(CC)c1ccc(C2/C(=C(\O)c3cc(OC)c(Cl)cc3OC)C(=O)C(=O)N2c2cccc(C)c2C)cc1. The smallest absolute Gasteiger partial charge is 0.300 e. The molecule has 0 saturated carbocycles. The summed E-state index contributed by atoms with van der Waals surface area (Å²) in [6.45, 7) is 9.72. The Kier molecular flexibility index (Phi) is 8.21. The van der Waals surface area contributed by atoms with Gasteiger partial charge in [-0.05, 0) is 68.7 Å². The first-order valence-corrected chi connectivity index (χ1v) is 13.2. The molecule has 0 radical (unpaired) electrons. The van der Waals surface area contributed by atoms with Crippen LogP contribution in [0.5, 0.6) is 11.5 Å². The van der Waals surface area contributed by atoms with Gasteiger partial charge >= 0.3 is 0 Å². The molecule has 8 heteroatoms. The monoisotopic (exact) mass is 548 g/mol. The molecule has 1 atom stereocenters. The van der Waals surface area contributed by atoms with Gasteiger partial charge in [0.15, 0.2) is 0 Å². The van der Waals surface area contributed by atoms with Crippen LogP contribution in [0.15, 0.2) is 60.2 Å². The van der Waals surface area contributed by atoms with Gasteiger partial charge in [0.1, 0.15) is 17.3 Å². The van der Waals surface area contributed by atoms with Gasteiger partial charge in [-0.3, -0.25) is 14.5 Å². The maximum Gasteiger partial charge on any atom is 0.300 e. The Bertz CT molecular complexity index is 1440. The maximum absolute atomic E-state index is 13.7. The van der Waals surface area contributed by atoms with Gasteiger partial charge in [-0.2, -0.15) is 0 Å². The largest absolute Gasteiger partial charge is 0.507 e. The number of halogens is 1. The molecule has 0 aromatic heterocycles. The number of aryl methyl sites for hydroxylation is 1. The molecular formula is C31H33ClN2O5. The Morgan fingerprint density at radius 2 is 1.62 bits per heavy atom. The fourth-order valence-corrected chi connectivity index (χ4v) is 5.27. The number of ether oxygens (including phenoxy) is 2. The van der Waals surface area contributed by atoms with Gasteiger partial charge in [0.05, 0.1) is 36.4 Å². The Balaban J connectivity index is 1.99. The van der Waals surface area contributed by atoms with Crippen LogP contribution in [0.25, 0.3) is 5.76 Å². The summed E-state index contributed by atoms with van der Waals surface area (Å²) in [4.78, 5) is 31.0. The lowest BCUT2D eigenvalue weighted by Crippen LogP contribution is -2.30. The first-order chi connectivity index (χ1) is 18.7. The van der Waals surface area contributed by atoms with Gasteiger partial charge in [-0.1, -0.05) is 35.9 Å². The summed E-state index contributed by atoms with van der Waals surface area (Å²) in [5.41, 5.74) is 4.32. The van der Waals surface area contributed by atoms with Crippen LogP contribution in [0.2, 0.25) is 5.02 Å². The molecule has 3 aromatic carbocycles. The van der Waals surface area contributed by atoms with E-state index >= 15 is 0 Å². The highest BCUT2D eigenvalue weighted by atomic mass is 35.5. The van der Waals surface area contributed by atoms with Crippen LogP contribution >= 0.6 is 11.6 Å². The standard InChI is InChI=1S/C31H33ClN2O5/c1-7-33(8-2)21-14-12-20(13-15-21)28-27(29(35)22-16-26(39-6)23(32)17-25(22)38-5)30(36)31(37)34(28)24-11-9-10-18(3)19(24)4/h9-17,28,35H,7-8H2,1-6H3/b29-27+. The van der Waals surface area contributed by atoms with Crippen molar-refractivity contribution < 1.29 is 24.2 Å². The van der Waals surface area contributed by atoms with Crippen LogP contribution in [0.4, 0.5) is 11.4 Å². The predicted molar refractivity (Wildman–Crippen MR) is 155 cm³/mol. The zero-order chi connectivity index (χ0) is 28.4. The minimum Gasteiger partial charge on any atom is -0.507 e. The van der Waals surface area contributed by atoms with Crippen molar-refractivity contribution in [1.82, 2.24) is 0 Å². The minimum atomic E-state index is -0.873. The lowest BCUT2D eigenvalue weighted by molar-refractivity contribution is -0.132. The number of carbonyl (C=O) groups is 2. The number of rotatable bonds is 8. The molecule has 1 fully saturated rings. The van der Waals surface area contributed by atoms with Gasteiger partial charge in [0, 0.05) is 30.5 Å². The number of benzene rings is 3. The van der Waals surface area contributed by atoms with Gasteiger partial charge in [0.25, 0.3) is 11.7 Å². The van der Waals surface area contributed by atoms with E-state index in [-0.39, 0.29) is 27.7 Å². The fraction of sp³-hybridized carbons (Fsp3) is 0.290. The van der Waals surface area contributed by atoms with Crippen molar-refractivity contribution in [2.45, 2.75) is 33.7 Å². The summed E-state index contributed by atoms with van der Waals surface area (Å²) < 4.78 is 10.8. The van der Waals surface area contributed by atoms with E-state index in [4.69, 9.17) is 21.1 Å². The van der Waals surface area contributed by atoms with Gasteiger partial charge in [0.2, 0.25) is 0 Å². The van der Waals surface area contributed by atoms with E-state index in [1.807, 2.05) is 56.3 Å². The summed E-state index contributed by atoms with van der Waals surface area (Å²) in [5, 5.41) is 11.9. The highest BCUT2D eigenvalue weighted by Gasteiger charge is 2.47. The van der Waals surface area contributed by atoms with Crippen LogP contribution < -0.4 is 19.3 Å². The maximum atomic E-state index is 13.7. The molecule has 204 valence electrons. The fourth-order valence-electron chi connectivity index (χ4n) is 5.04. The highest BCUT2D eigenvalue weighted by Crippen LogP contribution is 2.45. The zero-order valence-corrected chi connectivity index (χ0v) is 23.8. The number of amides is 1. The van der Waals surface area contributed by atoms with Gasteiger partial charge < -0.3 is 19.5 Å². The highest BCUT2D eigenvalue weighted by molar-refractivity contribution is 6.52. The lowest BCUT2D eigenvalue weighted by atomic mass is 9.94. The molecule has 1 unspecified atom stereocenters. The first-order valence-electron chi connectivity index (χ1n) is 12.8. The Labute approximate surface area is 234 Å². The number of nitrogens with zero attached hydrogens (tertiary/aromatic N) is 2. The molecule has 4 rings (SSSR count). The molecule has 0 bridgehead atoms. The number of aliphatic hydroxyl groups excluding tert-OH is 1. The van der Waals surface area contributed by atoms with Crippen molar-refractivity contribution in [2.75, 3.05) is 37.1 Å². The minimum absolute atomic E-state index is 0.0424. The van der Waals surface area contributed by atoms with Crippen LogP contribution in [0.3, 0.4) is 0 Å². The summed E-state index contributed by atoms with van der Waals surface area (Å²) in [5.74, 6) is -1.34. The quantitative estimate of drug-likeness (QED) is 0.198. The lowest BCUT2D eigenvalue weighted by Gasteiger charge is -2.28. The second kappa shape index (κ2) is 11.4. The van der Waals surface area contributed by atoms with E-state index in [1.54, 1.807) is 0 Å². The molecule has 1 saturated heterocycles. The van der Waals surface area contributed by atoms with Crippen molar-refractivity contribution in [3.8, 4) is 11.5 Å². The van der Waals surface area contributed by atoms with E-state index in [2.05, 4.69) is 18.7 Å². The number of Topliss-reactive ketones (excluding diaryl/α,β-unsaturated/α-hetero) is 1. The van der Waals surface area contributed by atoms with E-state index in [0.717, 1.165) is 29.9 Å². The summed E-state index contributed by atoms with van der Waals surface area (Å²) >= 11 is 6.28. The number of aliphatic hydroxyl groups is 1. The number of methoxy groups -OCH3 is 2. The second-order valence-electron chi connectivity index (χ2n) is 9.34. The molecule has 3 aromatic rings. The average Bonchev–Trinajstić information content (AvgIpc) is 3.20. The summed E-state index contributed by atoms with van der Waals surface area (Å²) in [7, 11) is 2.89. The predicted octanol–water partition coefficient (Wildman–Crippen LogP) is 6.45. The molecule has 1 N–H and O–H groups in total. The molecule has 1 amide bonds. The molecule has 39 heavy (non-hydrogen) atoms. The van der Waals surface area contributed by atoms with Crippen LogP contribution in [0, 0.1) is 13.8 Å². The third kappa shape index (κ3) is 4.94. The number of anilines is 2. The molecule has 1 aliphatic heterocycles. The molecule has 0 spiro atoms. The molecular weight excluding hydrogens is 516 g/mol. The second-order valence-corrected chi connectivity index (χ2v) is 9.75. The van der Waals surface area contributed by atoms with Crippen molar-refractivity contribution in [1.29, 1.82) is 0 Å². The number of hydrogen-bond acceptors (Lipinski definition) is 6. The van der Waals surface area contributed by atoms with Crippen LogP contribution in [0.1, 0.15) is 42.1 Å². The third-order valence-corrected chi connectivity index (χ3v) is 7.64. The molecule has 7 nitrogen and oxygen atoms in total. The van der Waals surface area contributed by atoms with Crippen LogP contribution in [-0.2, 0) is 9.59 Å². The van der Waals surface area contributed by atoms with Crippen molar-refractivity contribution in [2.24, 2.45) is 0 Å². The number of hydrogen-bond donors (Lipinski definition) is 1. The Morgan fingerprint density at radius 3 is 2.21 bits per heavy atom. The summed E-state index contributed by atoms with van der Waals surface area (Å²) in [6.07, 6.45) is 0. The van der Waals surface area contributed by atoms with Gasteiger partial charge in [-0.15, -0.1) is 0 Å². The van der Waals surface area contributed by atoms with E-state index < -0.39 is 17.7 Å². The Morgan fingerprint density at radius 1 is 0.974 bits per heavy atom. The first kappa shape index (κ1) is 28.0. The Hall–Kier alpha value is -3.97. The summed E-state index contributed by atoms with van der Waals surface area (Å²) in [6, 6.07) is 15.5. The molecule has 1 aliphatic rings. The third-order valence-electron chi connectivity index (χ3n) is 7.35. The normalized spacial score (nSPS) is 16.5. The molecule has 1 heterocycles. The zero-order valence-electron chi connectivity index (χ0n) is 23.0.